The summed E-state index contributed by atoms with van der Waals surface area (Å²) in [7, 11) is 0. The van der Waals surface area contributed by atoms with Crippen molar-refractivity contribution in [1.82, 2.24) is 15.3 Å². The van der Waals surface area contributed by atoms with Crippen molar-refractivity contribution in [2.45, 2.75) is 26.2 Å². The zero-order valence-corrected chi connectivity index (χ0v) is 12.8. The molecule has 3 heterocycles. The fraction of sp³-hybridized carbons (Fsp3) is 0.600. The van der Waals surface area contributed by atoms with E-state index in [2.05, 4.69) is 38.6 Å². The van der Waals surface area contributed by atoms with Crippen molar-refractivity contribution in [2.75, 3.05) is 31.1 Å². The number of nitrogens with one attached hydrogen (secondary N) is 1. The molecular weight excluding hydrogens is 268 g/mol. The van der Waals surface area contributed by atoms with E-state index in [4.69, 9.17) is 0 Å². The van der Waals surface area contributed by atoms with Crippen LogP contribution in [0, 0.1) is 5.92 Å². The van der Waals surface area contributed by atoms with Crippen LogP contribution in [0.25, 0.3) is 10.2 Å². The lowest BCUT2D eigenvalue weighted by atomic mass is 9.96. The minimum absolute atomic E-state index is 0.817. The number of piperidine rings is 1. The molecule has 0 unspecified atom stereocenters. The van der Waals surface area contributed by atoms with Gasteiger partial charge in [-0.2, -0.15) is 0 Å². The van der Waals surface area contributed by atoms with Crippen molar-refractivity contribution in [2.24, 2.45) is 5.92 Å². The number of hydrogen-bond acceptors (Lipinski definition) is 5. The summed E-state index contributed by atoms with van der Waals surface area (Å²) in [6.07, 6.45) is 5.43. The number of fused-ring (bicyclic) bond motifs is 1. The van der Waals surface area contributed by atoms with Gasteiger partial charge in [-0.25, -0.2) is 9.97 Å². The van der Waals surface area contributed by atoms with E-state index in [0.29, 0.717) is 0 Å². The molecule has 0 spiro atoms. The predicted octanol–water partition coefficient (Wildman–Crippen LogP) is 2.91. The smallest absolute Gasteiger partial charge is 0.140 e. The highest BCUT2D eigenvalue weighted by atomic mass is 32.1. The van der Waals surface area contributed by atoms with Crippen molar-refractivity contribution >= 4 is 27.4 Å². The number of nitrogens with zero attached hydrogens (tertiary/aromatic N) is 3. The molecule has 1 aliphatic rings. The fourth-order valence-corrected chi connectivity index (χ4v) is 3.59. The highest BCUT2D eigenvalue weighted by Gasteiger charge is 2.21. The summed E-state index contributed by atoms with van der Waals surface area (Å²) in [5.41, 5.74) is 0. The average Bonchev–Trinajstić information content (AvgIpc) is 2.97. The Morgan fingerprint density at radius 3 is 3.00 bits per heavy atom. The van der Waals surface area contributed by atoms with E-state index in [1.54, 1.807) is 17.7 Å². The predicted molar refractivity (Wildman–Crippen MR) is 85.5 cm³/mol. The van der Waals surface area contributed by atoms with Gasteiger partial charge in [-0.05, 0) is 49.7 Å². The molecule has 4 nitrogen and oxygen atoms in total. The summed E-state index contributed by atoms with van der Waals surface area (Å²) in [4.78, 5) is 12.4. The molecule has 2 aromatic rings. The number of hydrogen-bond donors (Lipinski definition) is 1. The molecule has 0 radical (unpaired) electrons. The summed E-state index contributed by atoms with van der Waals surface area (Å²) in [5, 5.41) is 6.85. The van der Waals surface area contributed by atoms with Crippen LogP contribution in [-0.4, -0.2) is 36.1 Å². The molecule has 1 N–H and O–H groups in total. The molecule has 3 rings (SSSR count). The van der Waals surface area contributed by atoms with Gasteiger partial charge in [0.05, 0.1) is 5.39 Å². The van der Waals surface area contributed by atoms with Crippen LogP contribution >= 0.6 is 11.3 Å². The summed E-state index contributed by atoms with van der Waals surface area (Å²) >= 11 is 1.69. The lowest BCUT2D eigenvalue weighted by Gasteiger charge is -2.33. The Morgan fingerprint density at radius 1 is 1.35 bits per heavy atom. The zero-order chi connectivity index (χ0) is 13.8. The van der Waals surface area contributed by atoms with Crippen LogP contribution in [0.2, 0.25) is 0 Å². The van der Waals surface area contributed by atoms with Crippen LogP contribution in [0.1, 0.15) is 26.2 Å². The van der Waals surface area contributed by atoms with Gasteiger partial charge in [0.25, 0.3) is 0 Å². The molecule has 108 valence electrons. The second-order valence-corrected chi connectivity index (χ2v) is 6.37. The number of rotatable bonds is 5. The van der Waals surface area contributed by atoms with E-state index < -0.39 is 0 Å². The van der Waals surface area contributed by atoms with E-state index >= 15 is 0 Å². The molecule has 2 aromatic heterocycles. The van der Waals surface area contributed by atoms with E-state index in [0.717, 1.165) is 36.2 Å². The molecule has 0 aromatic carbocycles. The average molecular weight is 290 g/mol. The third kappa shape index (κ3) is 2.94. The molecule has 0 bridgehead atoms. The van der Waals surface area contributed by atoms with Gasteiger partial charge in [0.1, 0.15) is 17.0 Å². The highest BCUT2D eigenvalue weighted by molar-refractivity contribution is 7.16. The molecule has 0 aliphatic carbocycles. The normalized spacial score (nSPS) is 16.9. The van der Waals surface area contributed by atoms with Crippen molar-refractivity contribution in [3.63, 3.8) is 0 Å². The van der Waals surface area contributed by atoms with Crippen LogP contribution < -0.4 is 10.2 Å². The number of thiophene rings is 1. The summed E-state index contributed by atoms with van der Waals surface area (Å²) < 4.78 is 0. The molecule has 0 atom stereocenters. The molecule has 0 amide bonds. The second-order valence-electron chi connectivity index (χ2n) is 5.47. The molecule has 1 saturated heterocycles. The topological polar surface area (TPSA) is 41.0 Å². The first-order valence-corrected chi connectivity index (χ1v) is 8.40. The Hall–Kier alpha value is -1.20. The van der Waals surface area contributed by atoms with Gasteiger partial charge < -0.3 is 10.2 Å². The van der Waals surface area contributed by atoms with Gasteiger partial charge in [0.2, 0.25) is 0 Å². The molecule has 0 saturated carbocycles. The van der Waals surface area contributed by atoms with Crippen molar-refractivity contribution < 1.29 is 0 Å². The van der Waals surface area contributed by atoms with Crippen LogP contribution in [0.4, 0.5) is 5.82 Å². The lowest BCUT2D eigenvalue weighted by molar-refractivity contribution is 0.383. The van der Waals surface area contributed by atoms with Crippen molar-refractivity contribution in [1.29, 1.82) is 0 Å². The summed E-state index contributed by atoms with van der Waals surface area (Å²) in [6, 6.07) is 2.14. The number of anilines is 1. The molecule has 5 heteroatoms. The van der Waals surface area contributed by atoms with Gasteiger partial charge in [-0.3, -0.25) is 0 Å². The fourth-order valence-electron chi connectivity index (χ4n) is 2.86. The summed E-state index contributed by atoms with van der Waals surface area (Å²) in [6.45, 7) is 6.75. The van der Waals surface area contributed by atoms with Gasteiger partial charge in [-0.1, -0.05) is 6.92 Å². The van der Waals surface area contributed by atoms with E-state index in [1.807, 2.05) is 0 Å². The molecule has 1 fully saturated rings. The molecule has 1 aliphatic heterocycles. The monoisotopic (exact) mass is 290 g/mol. The third-order valence-electron chi connectivity index (χ3n) is 4.01. The van der Waals surface area contributed by atoms with Crippen LogP contribution in [0.3, 0.4) is 0 Å². The van der Waals surface area contributed by atoms with E-state index in [9.17, 15) is 0 Å². The quantitative estimate of drug-likeness (QED) is 0.860. The SMILES string of the molecule is CCCNCC1CCN(c2ncnc3sccc23)CC1. The van der Waals surface area contributed by atoms with Gasteiger partial charge in [0, 0.05) is 13.1 Å². The largest absolute Gasteiger partial charge is 0.356 e. The van der Waals surface area contributed by atoms with Crippen molar-refractivity contribution in [3.05, 3.63) is 17.8 Å². The van der Waals surface area contributed by atoms with E-state index in [-0.39, 0.29) is 0 Å². The molecule has 20 heavy (non-hydrogen) atoms. The Labute approximate surface area is 124 Å². The Kier molecular flexibility index (Phi) is 4.47. The third-order valence-corrected chi connectivity index (χ3v) is 4.84. The first-order chi connectivity index (χ1) is 9.88. The Bertz CT molecular complexity index is 546. The first-order valence-electron chi connectivity index (χ1n) is 7.52. The number of aromatic nitrogens is 2. The van der Waals surface area contributed by atoms with Gasteiger partial charge in [-0.15, -0.1) is 11.3 Å². The molecular formula is C15H22N4S. The van der Waals surface area contributed by atoms with Crippen LogP contribution in [0.5, 0.6) is 0 Å². The zero-order valence-electron chi connectivity index (χ0n) is 12.0. The maximum absolute atomic E-state index is 4.51. The van der Waals surface area contributed by atoms with Crippen LogP contribution in [0.15, 0.2) is 17.8 Å². The minimum atomic E-state index is 0.817. The first kappa shape index (κ1) is 13.8. The van der Waals surface area contributed by atoms with Gasteiger partial charge >= 0.3 is 0 Å². The van der Waals surface area contributed by atoms with Crippen LogP contribution in [-0.2, 0) is 0 Å². The Balaban J connectivity index is 1.62. The summed E-state index contributed by atoms with van der Waals surface area (Å²) in [5.74, 6) is 1.94. The lowest BCUT2D eigenvalue weighted by Crippen LogP contribution is -2.37. The standard InChI is InChI=1S/C15H22N4S/c1-2-6-16-10-12-3-7-19(8-4-12)14-13-5-9-20-15(13)18-11-17-14/h5,9,11-12,16H,2-4,6-8,10H2,1H3. The van der Waals surface area contributed by atoms with Gasteiger partial charge in [0.15, 0.2) is 0 Å². The highest BCUT2D eigenvalue weighted by Crippen LogP contribution is 2.29. The minimum Gasteiger partial charge on any atom is -0.356 e. The maximum atomic E-state index is 4.51. The van der Waals surface area contributed by atoms with Crippen molar-refractivity contribution in [3.8, 4) is 0 Å². The second kappa shape index (κ2) is 6.50. The van der Waals surface area contributed by atoms with E-state index in [1.165, 1.54) is 31.2 Å². The maximum Gasteiger partial charge on any atom is 0.140 e. The Morgan fingerprint density at radius 2 is 2.20 bits per heavy atom.